The third-order valence-corrected chi connectivity index (χ3v) is 5.03. The van der Waals surface area contributed by atoms with E-state index in [0.29, 0.717) is 18.5 Å². The molecule has 0 heterocycles. The molecule has 2 rings (SSSR count). The molecule has 0 amide bonds. The second kappa shape index (κ2) is 15.0. The van der Waals surface area contributed by atoms with Crippen LogP contribution in [0.5, 0.6) is 0 Å². The number of aromatic carboxylic acids is 1. The van der Waals surface area contributed by atoms with Crippen LogP contribution in [0.3, 0.4) is 0 Å². The lowest BCUT2D eigenvalue weighted by Gasteiger charge is -2.20. The van der Waals surface area contributed by atoms with Crippen LogP contribution in [-0.2, 0) is 16.0 Å². The molecule has 9 heteroatoms. The molecule has 0 saturated heterocycles. The Labute approximate surface area is 191 Å². The minimum atomic E-state index is -1.82. The number of benzene rings is 2. The van der Waals surface area contributed by atoms with Crippen LogP contribution in [0.4, 0.5) is 0 Å². The molecule has 8 nitrogen and oxygen atoms in total. The van der Waals surface area contributed by atoms with Gasteiger partial charge in [-0.15, -0.1) is 0 Å². The van der Waals surface area contributed by atoms with E-state index in [1.807, 2.05) is 36.4 Å². The van der Waals surface area contributed by atoms with Crippen molar-refractivity contribution < 1.29 is 34.8 Å². The molecule has 2 aromatic carbocycles. The van der Waals surface area contributed by atoms with Crippen LogP contribution in [0, 0.1) is 0 Å². The number of unbranched alkanes of at least 4 members (excludes halogenated alkanes) is 1. The molecule has 0 fully saturated rings. The molecule has 0 aromatic heterocycles. The molecule has 1 unspecified atom stereocenters. The summed E-state index contributed by atoms with van der Waals surface area (Å²) in [4.78, 5) is 29.7. The van der Waals surface area contributed by atoms with Gasteiger partial charge in [0, 0.05) is 11.6 Å². The van der Waals surface area contributed by atoms with Gasteiger partial charge in [0.05, 0.1) is 12.2 Å². The van der Waals surface area contributed by atoms with Crippen molar-refractivity contribution in [1.29, 1.82) is 0 Å². The molecule has 0 aliphatic rings. The predicted molar refractivity (Wildman–Crippen MR) is 120 cm³/mol. The summed E-state index contributed by atoms with van der Waals surface area (Å²) in [5.41, 5.74) is 2.26. The van der Waals surface area contributed by atoms with Crippen molar-refractivity contribution in [2.75, 3.05) is 19.7 Å². The maximum absolute atomic E-state index is 11.5. The Morgan fingerprint density at radius 1 is 0.875 bits per heavy atom. The minimum absolute atomic E-state index is 0.147. The molecule has 5 N–H and O–H groups in total. The molecule has 0 aliphatic heterocycles. The van der Waals surface area contributed by atoms with Gasteiger partial charge in [-0.3, -0.25) is 0 Å². The molecule has 174 valence electrons. The molecule has 1 atom stereocenters. The number of aliphatic hydroxyl groups is 1. The van der Waals surface area contributed by atoms with E-state index in [1.54, 1.807) is 12.1 Å². The molecule has 0 radical (unpaired) electrons. The average Bonchev–Trinajstić information content (AvgIpc) is 2.76. The summed E-state index contributed by atoms with van der Waals surface area (Å²) in [6.45, 7) is 1.62. The lowest BCUT2D eigenvalue weighted by molar-refractivity contribution is -0.159. The molecule has 32 heavy (non-hydrogen) atoms. The Morgan fingerprint density at radius 2 is 1.50 bits per heavy atom. The van der Waals surface area contributed by atoms with Gasteiger partial charge < -0.3 is 25.7 Å². The molecule has 0 aliphatic carbocycles. The summed E-state index contributed by atoms with van der Waals surface area (Å²) in [5.74, 6) is -4.38. The lowest BCUT2D eigenvalue weighted by atomic mass is 9.86. The highest BCUT2D eigenvalue weighted by molar-refractivity contribution is 6.31. The number of carbonyl (C=O) groups is 3. The van der Waals surface area contributed by atoms with Crippen LogP contribution >= 0.6 is 11.6 Å². The van der Waals surface area contributed by atoms with Gasteiger partial charge in [-0.1, -0.05) is 54.4 Å². The zero-order valence-electron chi connectivity index (χ0n) is 17.5. The normalized spacial score (nSPS) is 11.2. The van der Waals surface area contributed by atoms with Gasteiger partial charge in [-0.2, -0.15) is 0 Å². The number of rotatable bonds is 11. The zero-order chi connectivity index (χ0) is 23.9. The van der Waals surface area contributed by atoms with E-state index < -0.39 is 17.9 Å². The van der Waals surface area contributed by atoms with E-state index in [-0.39, 0.29) is 12.5 Å². The van der Waals surface area contributed by atoms with E-state index in [4.69, 9.17) is 36.5 Å². The van der Waals surface area contributed by atoms with Gasteiger partial charge in [0.15, 0.2) is 0 Å². The highest BCUT2D eigenvalue weighted by Gasteiger charge is 2.18. The first-order valence-electron chi connectivity index (χ1n) is 10.1. The number of nitrogens with one attached hydrogen (secondary N) is 1. The standard InChI is InChI=1S/C21H26ClNO3.C2H2O4/c22-20-11-4-3-9-18(20)16(8-5-6-12-23-13-14-24)15-17-7-1-2-10-19(17)21(25)26;3-1(4)2(5)6/h1-4,7,9-11,16,23-24H,5-6,8,12-15H2,(H,25,26);(H,3,4)(H,5,6). The van der Waals surface area contributed by atoms with Crippen molar-refractivity contribution in [2.24, 2.45) is 0 Å². The predicted octanol–water partition coefficient (Wildman–Crippen LogP) is 3.27. The fourth-order valence-electron chi connectivity index (χ4n) is 3.19. The molecule has 2 aromatic rings. The number of hydrogen-bond acceptors (Lipinski definition) is 5. The van der Waals surface area contributed by atoms with E-state index in [2.05, 4.69) is 5.32 Å². The van der Waals surface area contributed by atoms with Gasteiger partial charge in [0.25, 0.3) is 0 Å². The monoisotopic (exact) mass is 465 g/mol. The topological polar surface area (TPSA) is 144 Å². The van der Waals surface area contributed by atoms with Crippen molar-refractivity contribution in [3.8, 4) is 0 Å². The van der Waals surface area contributed by atoms with E-state index >= 15 is 0 Å². The van der Waals surface area contributed by atoms with Crippen LogP contribution in [0.15, 0.2) is 48.5 Å². The SMILES string of the molecule is O=C(O)C(=O)O.O=C(O)c1ccccc1CC(CCCCNCCO)c1ccccc1Cl. The van der Waals surface area contributed by atoms with E-state index in [9.17, 15) is 9.90 Å². The highest BCUT2D eigenvalue weighted by atomic mass is 35.5. The van der Waals surface area contributed by atoms with E-state index in [1.165, 1.54) is 0 Å². The van der Waals surface area contributed by atoms with Crippen molar-refractivity contribution in [2.45, 2.75) is 31.6 Å². The zero-order valence-corrected chi connectivity index (χ0v) is 18.3. The third kappa shape index (κ3) is 9.91. The summed E-state index contributed by atoms with van der Waals surface area (Å²) >= 11 is 6.41. The van der Waals surface area contributed by atoms with Gasteiger partial charge in [-0.05, 0) is 55.0 Å². The van der Waals surface area contributed by atoms with Crippen molar-refractivity contribution >= 4 is 29.5 Å². The van der Waals surface area contributed by atoms with Crippen LogP contribution in [0.1, 0.15) is 46.7 Å². The Balaban J connectivity index is 0.000000751. The first-order chi connectivity index (χ1) is 15.3. The van der Waals surface area contributed by atoms with Gasteiger partial charge in [-0.25, -0.2) is 14.4 Å². The Bertz CT molecular complexity index is 876. The number of carboxylic acids is 3. The maximum Gasteiger partial charge on any atom is 0.414 e. The smallest absolute Gasteiger partial charge is 0.414 e. The van der Waals surface area contributed by atoms with Crippen LogP contribution in [0.2, 0.25) is 5.02 Å². The fourth-order valence-corrected chi connectivity index (χ4v) is 3.48. The Morgan fingerprint density at radius 3 is 2.09 bits per heavy atom. The third-order valence-electron chi connectivity index (χ3n) is 4.69. The molecular weight excluding hydrogens is 438 g/mol. The first kappa shape index (κ1) is 27.1. The van der Waals surface area contributed by atoms with Crippen LogP contribution in [0.25, 0.3) is 0 Å². The van der Waals surface area contributed by atoms with Crippen molar-refractivity contribution in [1.82, 2.24) is 5.32 Å². The molecule has 0 saturated carbocycles. The minimum Gasteiger partial charge on any atom is -0.478 e. The average molecular weight is 466 g/mol. The van der Waals surface area contributed by atoms with Gasteiger partial charge >= 0.3 is 17.9 Å². The molecule has 0 bridgehead atoms. The summed E-state index contributed by atoms with van der Waals surface area (Å²) in [6.07, 6.45) is 3.58. The second-order valence-corrected chi connectivity index (χ2v) is 7.37. The summed E-state index contributed by atoms with van der Waals surface area (Å²) in [5, 5.41) is 36.9. The highest BCUT2D eigenvalue weighted by Crippen LogP contribution is 2.32. The van der Waals surface area contributed by atoms with Gasteiger partial charge in [0.1, 0.15) is 0 Å². The summed E-state index contributed by atoms with van der Waals surface area (Å²) in [6, 6.07) is 15.0. The first-order valence-corrected chi connectivity index (χ1v) is 10.5. The number of halogens is 1. The Kier molecular flexibility index (Phi) is 12.7. The second-order valence-electron chi connectivity index (χ2n) is 6.96. The number of aliphatic carboxylic acids is 2. The number of aliphatic hydroxyl groups excluding tert-OH is 1. The molecule has 0 spiro atoms. The largest absolute Gasteiger partial charge is 0.478 e. The van der Waals surface area contributed by atoms with E-state index in [0.717, 1.165) is 42.0 Å². The number of hydrogen-bond donors (Lipinski definition) is 5. The Hall–Kier alpha value is -2.94. The van der Waals surface area contributed by atoms with Crippen molar-refractivity contribution in [3.05, 3.63) is 70.2 Å². The quantitative estimate of drug-likeness (QED) is 0.251. The van der Waals surface area contributed by atoms with Crippen molar-refractivity contribution in [3.63, 3.8) is 0 Å². The maximum atomic E-state index is 11.5. The van der Waals surface area contributed by atoms with Crippen LogP contribution < -0.4 is 5.32 Å². The lowest BCUT2D eigenvalue weighted by Crippen LogP contribution is -2.19. The van der Waals surface area contributed by atoms with Crippen LogP contribution in [-0.4, -0.2) is 58.0 Å². The number of carboxylic acid groups (broad SMARTS) is 3. The van der Waals surface area contributed by atoms with Gasteiger partial charge in [0.2, 0.25) is 0 Å². The molecular formula is C23H28ClNO7. The summed E-state index contributed by atoms with van der Waals surface area (Å²) < 4.78 is 0. The summed E-state index contributed by atoms with van der Waals surface area (Å²) in [7, 11) is 0. The fraction of sp³-hybridized carbons (Fsp3) is 0.348.